The molecular weight excluding hydrogens is 316 g/mol. The SMILES string of the molecule is CCc1cc2c(=O)c(Oc3ccc(C(C)C)cc3)coc2cc1OC. The molecule has 0 amide bonds. The Morgan fingerprint density at radius 3 is 2.40 bits per heavy atom. The summed E-state index contributed by atoms with van der Waals surface area (Å²) in [4.78, 5) is 12.7. The van der Waals surface area contributed by atoms with Crippen molar-refractivity contribution in [2.75, 3.05) is 7.11 Å². The predicted octanol–water partition coefficient (Wildman–Crippen LogP) is 5.28. The highest BCUT2D eigenvalue weighted by atomic mass is 16.5. The molecule has 0 fully saturated rings. The van der Waals surface area contributed by atoms with E-state index in [0.717, 1.165) is 17.7 Å². The predicted molar refractivity (Wildman–Crippen MR) is 99.0 cm³/mol. The lowest BCUT2D eigenvalue weighted by molar-refractivity contribution is 0.409. The van der Waals surface area contributed by atoms with Gasteiger partial charge in [0.1, 0.15) is 23.3 Å². The van der Waals surface area contributed by atoms with Crippen LogP contribution in [-0.4, -0.2) is 7.11 Å². The Balaban J connectivity index is 1.99. The maximum Gasteiger partial charge on any atom is 0.235 e. The number of methoxy groups -OCH3 is 1. The van der Waals surface area contributed by atoms with Crippen LogP contribution in [0.5, 0.6) is 17.2 Å². The molecule has 4 heteroatoms. The van der Waals surface area contributed by atoms with Crippen LogP contribution < -0.4 is 14.9 Å². The Morgan fingerprint density at radius 2 is 1.80 bits per heavy atom. The minimum atomic E-state index is -0.188. The summed E-state index contributed by atoms with van der Waals surface area (Å²) < 4.78 is 16.7. The number of ether oxygens (including phenoxy) is 2. The quantitative estimate of drug-likeness (QED) is 0.635. The third-order valence-electron chi connectivity index (χ3n) is 4.30. The summed E-state index contributed by atoms with van der Waals surface area (Å²) in [5.74, 6) is 1.95. The van der Waals surface area contributed by atoms with E-state index in [-0.39, 0.29) is 11.2 Å². The molecule has 1 heterocycles. The molecule has 0 unspecified atom stereocenters. The van der Waals surface area contributed by atoms with Crippen molar-refractivity contribution in [1.82, 2.24) is 0 Å². The molecule has 3 aromatic rings. The number of hydrogen-bond acceptors (Lipinski definition) is 4. The van der Waals surface area contributed by atoms with Gasteiger partial charge in [-0.2, -0.15) is 0 Å². The molecule has 0 bridgehead atoms. The Kier molecular flexibility index (Phi) is 4.79. The first-order valence-corrected chi connectivity index (χ1v) is 8.43. The van der Waals surface area contributed by atoms with E-state index in [9.17, 15) is 4.79 Å². The molecule has 0 aliphatic carbocycles. The molecule has 0 aliphatic rings. The van der Waals surface area contributed by atoms with Gasteiger partial charge in [0.2, 0.25) is 11.2 Å². The van der Waals surface area contributed by atoms with Crippen molar-refractivity contribution in [3.05, 3.63) is 64.0 Å². The lowest BCUT2D eigenvalue weighted by atomic mass is 10.0. The van der Waals surface area contributed by atoms with E-state index >= 15 is 0 Å². The highest BCUT2D eigenvalue weighted by molar-refractivity contribution is 5.80. The molecule has 0 atom stereocenters. The first kappa shape index (κ1) is 17.1. The number of rotatable bonds is 5. The topological polar surface area (TPSA) is 48.7 Å². The standard InChI is InChI=1S/C21H22O4/c1-5-14-10-17-19(11-18(14)23-4)24-12-20(21(17)22)25-16-8-6-15(7-9-16)13(2)3/h6-13H,5H2,1-4H3. The van der Waals surface area contributed by atoms with Crippen molar-refractivity contribution in [3.63, 3.8) is 0 Å². The third kappa shape index (κ3) is 3.38. The van der Waals surface area contributed by atoms with Crippen molar-refractivity contribution in [1.29, 1.82) is 0 Å². The molecule has 25 heavy (non-hydrogen) atoms. The van der Waals surface area contributed by atoms with E-state index in [1.165, 1.54) is 11.8 Å². The van der Waals surface area contributed by atoms with Gasteiger partial charge in [-0.3, -0.25) is 4.79 Å². The van der Waals surface area contributed by atoms with Gasteiger partial charge >= 0.3 is 0 Å². The lowest BCUT2D eigenvalue weighted by Crippen LogP contribution is -2.06. The zero-order valence-corrected chi connectivity index (χ0v) is 15.0. The fourth-order valence-corrected chi connectivity index (χ4v) is 2.77. The van der Waals surface area contributed by atoms with E-state index in [2.05, 4.69) is 13.8 Å². The van der Waals surface area contributed by atoms with Gasteiger partial charge in [-0.25, -0.2) is 0 Å². The van der Waals surface area contributed by atoms with E-state index in [4.69, 9.17) is 13.9 Å². The third-order valence-corrected chi connectivity index (χ3v) is 4.30. The minimum Gasteiger partial charge on any atom is -0.496 e. The molecule has 0 N–H and O–H groups in total. The molecule has 0 spiro atoms. The van der Waals surface area contributed by atoms with Crippen molar-refractivity contribution >= 4 is 11.0 Å². The van der Waals surface area contributed by atoms with Gasteiger partial charge in [-0.05, 0) is 41.7 Å². The molecule has 0 saturated carbocycles. The molecule has 0 radical (unpaired) electrons. The van der Waals surface area contributed by atoms with Crippen molar-refractivity contribution in [2.45, 2.75) is 33.1 Å². The minimum absolute atomic E-state index is 0.178. The van der Waals surface area contributed by atoms with Crippen LogP contribution in [0.25, 0.3) is 11.0 Å². The average molecular weight is 338 g/mol. The highest BCUT2D eigenvalue weighted by Gasteiger charge is 2.13. The zero-order chi connectivity index (χ0) is 18.0. The Labute approximate surface area is 147 Å². The zero-order valence-electron chi connectivity index (χ0n) is 15.0. The van der Waals surface area contributed by atoms with Crippen LogP contribution in [-0.2, 0) is 6.42 Å². The molecule has 3 rings (SSSR count). The van der Waals surface area contributed by atoms with Crippen LogP contribution in [0.4, 0.5) is 0 Å². The Morgan fingerprint density at radius 1 is 1.08 bits per heavy atom. The molecule has 1 aromatic heterocycles. The smallest absolute Gasteiger partial charge is 0.235 e. The average Bonchev–Trinajstić information content (AvgIpc) is 2.63. The second-order valence-electron chi connectivity index (χ2n) is 6.27. The monoisotopic (exact) mass is 338 g/mol. The first-order valence-electron chi connectivity index (χ1n) is 8.43. The first-order chi connectivity index (χ1) is 12.0. The second-order valence-corrected chi connectivity index (χ2v) is 6.27. The molecule has 0 saturated heterocycles. The van der Waals surface area contributed by atoms with Crippen LogP contribution in [0.2, 0.25) is 0 Å². The molecule has 4 nitrogen and oxygen atoms in total. The highest BCUT2D eigenvalue weighted by Crippen LogP contribution is 2.28. The van der Waals surface area contributed by atoms with Gasteiger partial charge < -0.3 is 13.9 Å². The van der Waals surface area contributed by atoms with Crippen LogP contribution in [0.1, 0.15) is 37.8 Å². The fraction of sp³-hybridized carbons (Fsp3) is 0.286. The summed E-state index contributed by atoms with van der Waals surface area (Å²) in [6, 6.07) is 11.3. The Bertz CT molecular complexity index is 937. The van der Waals surface area contributed by atoms with Crippen molar-refractivity contribution in [2.24, 2.45) is 0 Å². The van der Waals surface area contributed by atoms with Gasteiger partial charge in [-0.1, -0.05) is 32.9 Å². The number of benzene rings is 2. The Hall–Kier alpha value is -2.75. The normalized spacial score (nSPS) is 11.1. The summed E-state index contributed by atoms with van der Waals surface area (Å²) in [6.07, 6.45) is 2.12. The van der Waals surface area contributed by atoms with Crippen LogP contribution in [0.3, 0.4) is 0 Å². The summed E-state index contributed by atoms with van der Waals surface area (Å²) in [5, 5.41) is 0.494. The van der Waals surface area contributed by atoms with Gasteiger partial charge in [0.15, 0.2) is 0 Å². The van der Waals surface area contributed by atoms with E-state index in [1.807, 2.05) is 37.3 Å². The van der Waals surface area contributed by atoms with Gasteiger partial charge in [0.25, 0.3) is 0 Å². The van der Waals surface area contributed by atoms with E-state index < -0.39 is 0 Å². The van der Waals surface area contributed by atoms with Crippen LogP contribution in [0.15, 0.2) is 51.9 Å². The van der Waals surface area contributed by atoms with Crippen LogP contribution >= 0.6 is 0 Å². The maximum absolute atomic E-state index is 12.7. The maximum atomic E-state index is 12.7. The van der Waals surface area contributed by atoms with E-state index in [0.29, 0.717) is 22.6 Å². The summed E-state index contributed by atoms with van der Waals surface area (Å²) in [6.45, 7) is 6.28. The van der Waals surface area contributed by atoms with E-state index in [1.54, 1.807) is 13.2 Å². The lowest BCUT2D eigenvalue weighted by Gasteiger charge is -2.10. The molecule has 2 aromatic carbocycles. The van der Waals surface area contributed by atoms with Gasteiger partial charge in [0.05, 0.1) is 12.5 Å². The fourth-order valence-electron chi connectivity index (χ4n) is 2.77. The summed E-state index contributed by atoms with van der Waals surface area (Å²) in [5.41, 5.74) is 2.48. The summed E-state index contributed by atoms with van der Waals surface area (Å²) in [7, 11) is 1.61. The summed E-state index contributed by atoms with van der Waals surface area (Å²) >= 11 is 0. The number of fused-ring (bicyclic) bond motifs is 1. The number of aryl methyl sites for hydroxylation is 1. The largest absolute Gasteiger partial charge is 0.496 e. The van der Waals surface area contributed by atoms with Crippen molar-refractivity contribution < 1.29 is 13.9 Å². The van der Waals surface area contributed by atoms with Crippen molar-refractivity contribution in [3.8, 4) is 17.2 Å². The number of hydrogen-bond donors (Lipinski definition) is 0. The molecular formula is C21H22O4. The molecule has 130 valence electrons. The molecule has 0 aliphatic heterocycles. The van der Waals surface area contributed by atoms with Gasteiger partial charge in [-0.15, -0.1) is 0 Å². The van der Waals surface area contributed by atoms with Gasteiger partial charge in [0, 0.05) is 6.07 Å². The second kappa shape index (κ2) is 7.01. The van der Waals surface area contributed by atoms with Crippen LogP contribution in [0, 0.1) is 0 Å².